The van der Waals surface area contributed by atoms with Crippen molar-refractivity contribution in [3.05, 3.63) is 67.6 Å². The largest absolute Gasteiger partial charge is 0.495 e. The number of carbonyl (C=O) groups excluding carboxylic acids is 2. The first-order chi connectivity index (χ1) is 14.8. The summed E-state index contributed by atoms with van der Waals surface area (Å²) in [6.07, 6.45) is 0.100. The summed E-state index contributed by atoms with van der Waals surface area (Å²) < 4.78 is 5.16. The molecule has 6 nitrogen and oxygen atoms in total. The molecule has 1 atom stereocenters. The normalized spacial score (nSPS) is 15.8. The summed E-state index contributed by atoms with van der Waals surface area (Å²) in [5.74, 6) is -0.585. The number of hydrogen-bond donors (Lipinski definition) is 2. The number of hydrogen-bond acceptors (Lipinski definition) is 5. The van der Waals surface area contributed by atoms with Crippen LogP contribution in [-0.4, -0.2) is 24.7 Å². The van der Waals surface area contributed by atoms with E-state index in [9.17, 15) is 14.9 Å². The van der Waals surface area contributed by atoms with Gasteiger partial charge in [-0.25, -0.2) is 0 Å². The third-order valence-electron chi connectivity index (χ3n) is 4.43. The van der Waals surface area contributed by atoms with Crippen molar-refractivity contribution in [2.24, 2.45) is 0 Å². The smallest absolute Gasteiger partial charge is 0.234 e. The van der Waals surface area contributed by atoms with E-state index in [0.717, 1.165) is 11.8 Å². The van der Waals surface area contributed by atoms with Crippen molar-refractivity contribution >= 4 is 64.1 Å². The number of allylic oxidation sites excluding steroid dienone is 1. The van der Waals surface area contributed by atoms with E-state index in [1.165, 1.54) is 7.11 Å². The Balaban J connectivity index is 1.78. The maximum Gasteiger partial charge on any atom is 0.234 e. The first-order valence-corrected chi connectivity index (χ1v) is 11.1. The van der Waals surface area contributed by atoms with Crippen LogP contribution < -0.4 is 15.4 Å². The van der Waals surface area contributed by atoms with Crippen molar-refractivity contribution in [2.75, 3.05) is 18.2 Å². The average molecular weight is 497 g/mol. The molecule has 31 heavy (non-hydrogen) atoms. The Morgan fingerprint density at radius 3 is 2.58 bits per heavy atom. The minimum atomic E-state index is -0.473. The third-order valence-corrected chi connectivity index (χ3v) is 6.18. The van der Waals surface area contributed by atoms with Crippen molar-refractivity contribution in [3.8, 4) is 11.8 Å². The van der Waals surface area contributed by atoms with Crippen LogP contribution in [0.4, 0.5) is 5.69 Å². The molecule has 1 aliphatic heterocycles. The van der Waals surface area contributed by atoms with Gasteiger partial charge in [0.2, 0.25) is 11.8 Å². The Morgan fingerprint density at radius 2 is 1.97 bits per heavy atom. The summed E-state index contributed by atoms with van der Waals surface area (Å²) in [5.41, 5.74) is 1.54. The molecule has 0 saturated carbocycles. The number of carbonyl (C=O) groups is 2. The van der Waals surface area contributed by atoms with Crippen molar-refractivity contribution in [3.63, 3.8) is 0 Å². The molecule has 1 aliphatic rings. The highest BCUT2D eigenvalue weighted by atomic mass is 35.5. The SMILES string of the molecule is COc1ccc([C@@H]2CC(=O)NC(SCC(=O)Nc3cc(Cl)cc(Cl)c3)=C2C#N)cc1Cl. The standard InChI is InChI=1S/C21H16Cl3N3O3S/c1-30-18-3-2-11(4-17(18)24)15-8-19(28)27-21(16(15)9-25)31-10-20(29)26-14-6-12(22)5-13(23)7-14/h2-7,15H,8,10H2,1H3,(H,26,29)(H,27,28)/t15-/m0/s1. The first-order valence-electron chi connectivity index (χ1n) is 8.97. The fourth-order valence-electron chi connectivity index (χ4n) is 3.08. The fraction of sp³-hybridized carbons (Fsp3) is 0.190. The van der Waals surface area contributed by atoms with Gasteiger partial charge in [-0.2, -0.15) is 5.26 Å². The zero-order valence-electron chi connectivity index (χ0n) is 16.2. The summed E-state index contributed by atoms with van der Waals surface area (Å²) in [5, 5.41) is 16.7. The summed E-state index contributed by atoms with van der Waals surface area (Å²) in [6, 6.07) is 12.0. The second kappa shape index (κ2) is 10.3. The number of ether oxygens (including phenoxy) is 1. The molecule has 10 heteroatoms. The Hall–Kier alpha value is -2.37. The summed E-state index contributed by atoms with van der Waals surface area (Å²) in [4.78, 5) is 24.6. The van der Waals surface area contributed by atoms with Gasteiger partial charge >= 0.3 is 0 Å². The van der Waals surface area contributed by atoms with Crippen molar-refractivity contribution in [1.82, 2.24) is 5.32 Å². The molecule has 3 rings (SSSR count). The molecular weight excluding hydrogens is 481 g/mol. The van der Waals surface area contributed by atoms with Crippen LogP contribution in [0.25, 0.3) is 0 Å². The topological polar surface area (TPSA) is 91.2 Å². The molecule has 2 N–H and O–H groups in total. The molecule has 0 aromatic heterocycles. The number of nitrogens with one attached hydrogen (secondary N) is 2. The number of methoxy groups -OCH3 is 1. The minimum absolute atomic E-state index is 0.0268. The molecule has 0 spiro atoms. The van der Waals surface area contributed by atoms with Crippen LogP contribution in [0.15, 0.2) is 47.0 Å². The number of benzene rings is 2. The lowest BCUT2D eigenvalue weighted by Crippen LogP contribution is -2.31. The van der Waals surface area contributed by atoms with E-state index < -0.39 is 5.92 Å². The van der Waals surface area contributed by atoms with E-state index >= 15 is 0 Å². The Morgan fingerprint density at radius 1 is 1.26 bits per heavy atom. The van der Waals surface area contributed by atoms with Gasteiger partial charge < -0.3 is 15.4 Å². The average Bonchev–Trinajstić information content (AvgIpc) is 2.71. The summed E-state index contributed by atoms with van der Waals surface area (Å²) >= 11 is 19.2. The number of halogens is 3. The number of rotatable bonds is 6. The number of nitrogens with zero attached hydrogens (tertiary/aromatic N) is 1. The summed E-state index contributed by atoms with van der Waals surface area (Å²) in [7, 11) is 1.51. The number of anilines is 1. The Labute approximate surface area is 198 Å². The number of nitriles is 1. The molecule has 0 unspecified atom stereocenters. The minimum Gasteiger partial charge on any atom is -0.495 e. The van der Waals surface area contributed by atoms with Gasteiger partial charge in [0.05, 0.1) is 34.6 Å². The van der Waals surface area contributed by atoms with Crippen LogP contribution in [0.5, 0.6) is 5.75 Å². The highest BCUT2D eigenvalue weighted by Crippen LogP contribution is 2.38. The molecule has 2 aromatic rings. The van der Waals surface area contributed by atoms with E-state index in [1.807, 2.05) is 0 Å². The van der Waals surface area contributed by atoms with Gasteiger partial charge in [0.15, 0.2) is 0 Å². The lowest BCUT2D eigenvalue weighted by Gasteiger charge is -2.25. The van der Waals surface area contributed by atoms with Gasteiger partial charge in [-0.1, -0.05) is 52.6 Å². The lowest BCUT2D eigenvalue weighted by molar-refractivity contribution is -0.121. The molecule has 160 valence electrons. The van der Waals surface area contributed by atoms with Crippen LogP contribution in [0, 0.1) is 11.3 Å². The molecule has 2 amide bonds. The molecule has 0 saturated heterocycles. The van der Waals surface area contributed by atoms with E-state index in [4.69, 9.17) is 39.5 Å². The van der Waals surface area contributed by atoms with Crippen molar-refractivity contribution in [1.29, 1.82) is 5.26 Å². The van der Waals surface area contributed by atoms with Gasteiger partial charge in [0.25, 0.3) is 0 Å². The Bertz CT molecular complexity index is 1090. The third kappa shape index (κ3) is 5.86. The quantitative estimate of drug-likeness (QED) is 0.561. The van der Waals surface area contributed by atoms with Gasteiger partial charge in [-0.3, -0.25) is 9.59 Å². The van der Waals surface area contributed by atoms with Gasteiger partial charge in [0, 0.05) is 28.1 Å². The second-order valence-corrected chi connectivity index (χ2v) is 8.81. The summed E-state index contributed by atoms with van der Waals surface area (Å²) in [6.45, 7) is 0. The lowest BCUT2D eigenvalue weighted by atomic mass is 9.87. The Kier molecular flexibility index (Phi) is 7.74. The molecule has 2 aromatic carbocycles. The molecule has 1 heterocycles. The second-order valence-electron chi connectivity index (χ2n) is 6.55. The predicted molar refractivity (Wildman–Crippen MR) is 124 cm³/mol. The molecule has 0 fully saturated rings. The predicted octanol–water partition coefficient (Wildman–Crippen LogP) is 5.37. The highest BCUT2D eigenvalue weighted by molar-refractivity contribution is 8.03. The van der Waals surface area contributed by atoms with E-state index in [-0.39, 0.29) is 24.0 Å². The van der Waals surface area contributed by atoms with E-state index in [2.05, 4.69) is 16.7 Å². The zero-order chi connectivity index (χ0) is 22.5. The van der Waals surface area contributed by atoms with Crippen LogP contribution in [0.1, 0.15) is 17.9 Å². The van der Waals surface area contributed by atoms with Gasteiger partial charge in [-0.15, -0.1) is 0 Å². The van der Waals surface area contributed by atoms with E-state index in [0.29, 0.717) is 42.7 Å². The van der Waals surface area contributed by atoms with Crippen LogP contribution in [0.2, 0.25) is 15.1 Å². The maximum absolute atomic E-state index is 12.4. The highest BCUT2D eigenvalue weighted by Gasteiger charge is 2.30. The zero-order valence-corrected chi connectivity index (χ0v) is 19.3. The monoisotopic (exact) mass is 495 g/mol. The first kappa shape index (κ1) is 23.3. The molecular formula is C21H16Cl3N3O3S. The maximum atomic E-state index is 12.4. The molecule has 0 radical (unpaired) electrons. The number of thioether (sulfide) groups is 1. The fourth-order valence-corrected chi connectivity index (χ4v) is 4.75. The van der Waals surface area contributed by atoms with E-state index in [1.54, 1.807) is 36.4 Å². The van der Waals surface area contributed by atoms with Crippen molar-refractivity contribution < 1.29 is 14.3 Å². The van der Waals surface area contributed by atoms with Gasteiger partial charge in [-0.05, 0) is 35.9 Å². The van der Waals surface area contributed by atoms with Crippen LogP contribution in [0.3, 0.4) is 0 Å². The molecule has 0 aliphatic carbocycles. The number of amides is 2. The van der Waals surface area contributed by atoms with Crippen LogP contribution in [-0.2, 0) is 9.59 Å². The van der Waals surface area contributed by atoms with Gasteiger partial charge in [0.1, 0.15) is 5.75 Å². The van der Waals surface area contributed by atoms with Crippen molar-refractivity contribution in [2.45, 2.75) is 12.3 Å². The molecule has 0 bridgehead atoms. The van der Waals surface area contributed by atoms with Crippen LogP contribution >= 0.6 is 46.6 Å².